The molecule has 3 aliphatic heterocycles. The van der Waals surface area contributed by atoms with Crippen LogP contribution in [0.3, 0.4) is 0 Å². The largest absolute Gasteiger partial charge is 0.573 e. The van der Waals surface area contributed by atoms with E-state index in [1.807, 2.05) is 30.3 Å². The Hall–Kier alpha value is -3.41. The van der Waals surface area contributed by atoms with E-state index in [0.29, 0.717) is 24.6 Å². The van der Waals surface area contributed by atoms with Crippen LogP contribution in [0.2, 0.25) is 0 Å². The fourth-order valence-electron chi connectivity index (χ4n) is 3.86. The smallest absolute Gasteiger partial charge is 0.492 e. The zero-order valence-corrected chi connectivity index (χ0v) is 16.8. The lowest BCUT2D eigenvalue weighted by Crippen LogP contribution is -2.43. The minimum Gasteiger partial charge on any atom is -0.492 e. The molecule has 1 saturated heterocycles. The summed E-state index contributed by atoms with van der Waals surface area (Å²) in [6.07, 6.45) is -2.86. The number of aliphatic hydroxyl groups excluding tert-OH is 1. The number of alkyl halides is 3. The van der Waals surface area contributed by atoms with Crippen LogP contribution in [0.5, 0.6) is 5.75 Å². The summed E-state index contributed by atoms with van der Waals surface area (Å²) in [6.45, 7) is 2.74. The number of rotatable bonds is 3. The predicted octanol–water partition coefficient (Wildman–Crippen LogP) is 2.92. The molecule has 0 atom stereocenters. The highest BCUT2D eigenvalue weighted by Gasteiger charge is 2.36. The van der Waals surface area contributed by atoms with Gasteiger partial charge in [-0.25, -0.2) is 5.01 Å². The molecular formula is C21H21F3N4O4. The van der Waals surface area contributed by atoms with Crippen molar-refractivity contribution in [3.8, 4) is 5.75 Å². The molecule has 0 spiro atoms. The van der Waals surface area contributed by atoms with Crippen LogP contribution in [0.4, 0.5) is 24.5 Å². The lowest BCUT2D eigenvalue weighted by molar-refractivity contribution is -0.274. The average molecular weight is 450 g/mol. The van der Waals surface area contributed by atoms with E-state index in [0.717, 1.165) is 30.0 Å². The monoisotopic (exact) mass is 450 g/mol. The van der Waals surface area contributed by atoms with Crippen LogP contribution < -0.4 is 20.3 Å². The Balaban J connectivity index is 0.00000245. The fraction of sp³-hybridized carbons (Fsp3) is 0.238. The summed E-state index contributed by atoms with van der Waals surface area (Å²) in [5.74, 6) is -0.398. The molecule has 0 amide bonds. The van der Waals surface area contributed by atoms with Gasteiger partial charge in [-0.05, 0) is 36.4 Å². The minimum atomic E-state index is -4.76. The normalized spacial score (nSPS) is 18.1. The highest BCUT2D eigenvalue weighted by Crippen LogP contribution is 2.41. The van der Waals surface area contributed by atoms with Crippen molar-refractivity contribution in [1.29, 1.82) is 0 Å². The first-order valence-corrected chi connectivity index (χ1v) is 9.70. The average Bonchev–Trinajstić information content (AvgIpc) is 3.10. The minimum absolute atomic E-state index is 0. The van der Waals surface area contributed by atoms with Crippen LogP contribution in [0, 0.1) is 0 Å². The van der Waals surface area contributed by atoms with E-state index in [1.165, 1.54) is 29.3 Å². The molecular weight excluding hydrogens is 429 g/mol. The molecule has 0 saturated carbocycles. The number of allylic oxidation sites excluding steroid dienone is 1. The maximum atomic E-state index is 12.4. The molecule has 0 aromatic heterocycles. The van der Waals surface area contributed by atoms with Crippen LogP contribution >= 0.6 is 0 Å². The fourth-order valence-corrected chi connectivity index (χ4v) is 3.86. The molecule has 11 heteroatoms. The van der Waals surface area contributed by atoms with Gasteiger partial charge in [0.15, 0.2) is 0 Å². The molecule has 2 aromatic rings. The Morgan fingerprint density at radius 3 is 2.34 bits per heavy atom. The summed E-state index contributed by atoms with van der Waals surface area (Å²) in [6, 6.07) is 13.1. The van der Waals surface area contributed by atoms with Gasteiger partial charge in [-0.15, -0.1) is 18.7 Å². The van der Waals surface area contributed by atoms with Crippen molar-refractivity contribution < 1.29 is 33.2 Å². The number of benzene rings is 2. The zero-order chi connectivity index (χ0) is 21.6. The summed E-state index contributed by atoms with van der Waals surface area (Å²) in [5.41, 5.74) is 6.93. The van der Waals surface area contributed by atoms with Crippen molar-refractivity contribution in [3.63, 3.8) is 0 Å². The Morgan fingerprint density at radius 1 is 0.969 bits per heavy atom. The van der Waals surface area contributed by atoms with Gasteiger partial charge in [-0.1, -0.05) is 18.2 Å². The van der Waals surface area contributed by atoms with E-state index >= 15 is 0 Å². The number of anilines is 2. The standard InChI is InChI=1S/C21H19F3N4O3.H2O/c22-21(23,24)31-15-7-5-14(6-8-15)27-20(29)19-13-18(26-9-11-30-12-10-26)16-3-1-2-4-17(16)28(19)25-27;/h1-8,13,25,29H,9-12H2;1H2. The van der Waals surface area contributed by atoms with E-state index < -0.39 is 6.36 Å². The van der Waals surface area contributed by atoms with Gasteiger partial charge in [0.25, 0.3) is 0 Å². The second kappa shape index (κ2) is 8.26. The van der Waals surface area contributed by atoms with Gasteiger partial charge in [0.1, 0.15) is 11.4 Å². The SMILES string of the molecule is O.OC1=C2C=C(N3CCOCC3)c3ccccc3N2NN1c1ccc(OC(F)(F)F)cc1. The molecule has 5 rings (SSSR count). The maximum absolute atomic E-state index is 12.4. The van der Waals surface area contributed by atoms with E-state index in [2.05, 4.69) is 15.2 Å². The van der Waals surface area contributed by atoms with E-state index in [9.17, 15) is 18.3 Å². The van der Waals surface area contributed by atoms with Gasteiger partial charge in [-0.2, -0.15) is 0 Å². The van der Waals surface area contributed by atoms with Crippen LogP contribution in [-0.2, 0) is 4.74 Å². The molecule has 0 unspecified atom stereocenters. The third-order valence-electron chi connectivity index (χ3n) is 5.26. The lowest BCUT2D eigenvalue weighted by Gasteiger charge is -2.36. The van der Waals surface area contributed by atoms with Crippen LogP contribution in [0.25, 0.3) is 5.70 Å². The Bertz CT molecular complexity index is 1050. The van der Waals surface area contributed by atoms with Gasteiger partial charge >= 0.3 is 6.36 Å². The number of nitrogens with zero attached hydrogens (tertiary/aromatic N) is 3. The zero-order valence-electron chi connectivity index (χ0n) is 16.8. The number of hydrazine groups is 2. The predicted molar refractivity (Wildman–Crippen MR) is 111 cm³/mol. The van der Waals surface area contributed by atoms with E-state index in [1.54, 1.807) is 5.01 Å². The number of nitrogens with one attached hydrogen (secondary N) is 1. The number of ether oxygens (including phenoxy) is 2. The van der Waals surface area contributed by atoms with E-state index in [-0.39, 0.29) is 17.1 Å². The summed E-state index contributed by atoms with van der Waals surface area (Å²) in [4.78, 5) is 2.21. The summed E-state index contributed by atoms with van der Waals surface area (Å²) in [5, 5.41) is 14.1. The molecule has 4 N–H and O–H groups in total. The van der Waals surface area contributed by atoms with Crippen molar-refractivity contribution in [2.24, 2.45) is 0 Å². The molecule has 0 aliphatic carbocycles. The number of fused-ring (bicyclic) bond motifs is 3. The molecule has 3 heterocycles. The molecule has 0 bridgehead atoms. The summed E-state index contributed by atoms with van der Waals surface area (Å²) >= 11 is 0. The van der Waals surface area contributed by atoms with Crippen molar-refractivity contribution in [1.82, 2.24) is 10.4 Å². The Kier molecular flexibility index (Phi) is 5.63. The molecule has 170 valence electrons. The van der Waals surface area contributed by atoms with E-state index in [4.69, 9.17) is 4.74 Å². The topological polar surface area (TPSA) is 91.9 Å². The number of aliphatic hydroxyl groups is 1. The first kappa shape index (κ1) is 21.8. The molecule has 1 fully saturated rings. The number of halogens is 3. The number of para-hydroxylation sites is 1. The number of hydrogen-bond donors (Lipinski definition) is 2. The van der Waals surface area contributed by atoms with Gasteiger partial charge < -0.3 is 25.0 Å². The van der Waals surface area contributed by atoms with Gasteiger partial charge in [0, 0.05) is 24.4 Å². The first-order chi connectivity index (χ1) is 14.9. The van der Waals surface area contributed by atoms with Crippen LogP contribution in [0.1, 0.15) is 5.56 Å². The molecule has 32 heavy (non-hydrogen) atoms. The van der Waals surface area contributed by atoms with Crippen molar-refractivity contribution >= 4 is 17.1 Å². The molecule has 8 nitrogen and oxygen atoms in total. The number of hydrogen-bond acceptors (Lipinski definition) is 7. The first-order valence-electron chi connectivity index (χ1n) is 9.70. The quantitative estimate of drug-likeness (QED) is 0.743. The number of morpholine rings is 1. The second-order valence-corrected chi connectivity index (χ2v) is 7.17. The molecule has 3 aliphatic rings. The van der Waals surface area contributed by atoms with Gasteiger partial charge in [-0.3, -0.25) is 5.01 Å². The second-order valence-electron chi connectivity index (χ2n) is 7.17. The lowest BCUT2D eigenvalue weighted by atomic mass is 10.0. The van der Waals surface area contributed by atoms with Crippen molar-refractivity contribution in [2.45, 2.75) is 6.36 Å². The van der Waals surface area contributed by atoms with Crippen molar-refractivity contribution in [2.75, 3.05) is 36.3 Å². The Morgan fingerprint density at radius 2 is 1.66 bits per heavy atom. The van der Waals surface area contributed by atoms with Crippen molar-refractivity contribution in [3.05, 3.63) is 71.8 Å². The van der Waals surface area contributed by atoms with Crippen LogP contribution in [0.15, 0.2) is 66.2 Å². The third-order valence-corrected chi connectivity index (χ3v) is 5.26. The molecule has 2 aromatic carbocycles. The highest BCUT2D eigenvalue weighted by atomic mass is 19.4. The highest BCUT2D eigenvalue weighted by molar-refractivity contribution is 5.85. The maximum Gasteiger partial charge on any atom is 0.573 e. The van der Waals surface area contributed by atoms with Crippen LogP contribution in [-0.4, -0.2) is 48.1 Å². The summed E-state index contributed by atoms with van der Waals surface area (Å²) in [7, 11) is 0. The third kappa shape index (κ3) is 3.93. The molecule has 0 radical (unpaired) electrons. The van der Waals surface area contributed by atoms with Gasteiger partial charge in [0.05, 0.1) is 24.6 Å². The summed E-state index contributed by atoms with van der Waals surface area (Å²) < 4.78 is 46.6. The van der Waals surface area contributed by atoms with Gasteiger partial charge in [0.2, 0.25) is 5.88 Å². The Labute approximate surface area is 181 Å².